The summed E-state index contributed by atoms with van der Waals surface area (Å²) in [6, 6.07) is 13.2. The first-order chi connectivity index (χ1) is 16.5. The van der Waals surface area contributed by atoms with Crippen molar-refractivity contribution in [1.82, 2.24) is 10.3 Å². The van der Waals surface area contributed by atoms with Crippen LogP contribution in [0.3, 0.4) is 0 Å². The Morgan fingerprint density at radius 3 is 2.79 bits per heavy atom. The topological polar surface area (TPSA) is 113 Å². The zero-order chi connectivity index (χ0) is 24.5. The third-order valence-electron chi connectivity index (χ3n) is 4.92. The van der Waals surface area contributed by atoms with Crippen molar-refractivity contribution < 1.29 is 23.8 Å². The molecule has 0 aliphatic rings. The molecule has 0 aliphatic carbocycles. The second-order valence-electron chi connectivity index (χ2n) is 7.16. The number of nitriles is 1. The van der Waals surface area contributed by atoms with Gasteiger partial charge in [0.05, 0.1) is 18.2 Å². The van der Waals surface area contributed by atoms with Gasteiger partial charge in [-0.2, -0.15) is 5.26 Å². The molecular weight excluding hydrogens is 502 g/mol. The largest absolute Gasteiger partial charge is 0.493 e. The summed E-state index contributed by atoms with van der Waals surface area (Å²) >= 11 is 3.39. The average molecular weight is 526 g/mol. The highest BCUT2D eigenvalue weighted by molar-refractivity contribution is 9.10. The number of benzene rings is 2. The van der Waals surface area contributed by atoms with Crippen LogP contribution in [-0.2, 0) is 20.7 Å². The summed E-state index contributed by atoms with van der Waals surface area (Å²) in [6.07, 6.45) is 4.01. The van der Waals surface area contributed by atoms with Gasteiger partial charge in [0.15, 0.2) is 18.1 Å². The van der Waals surface area contributed by atoms with Gasteiger partial charge in [0.25, 0.3) is 5.91 Å². The fourth-order valence-electron chi connectivity index (χ4n) is 3.36. The maximum absolute atomic E-state index is 12.6. The third-order valence-corrected chi connectivity index (χ3v) is 5.51. The number of aromatic amines is 1. The van der Waals surface area contributed by atoms with Crippen LogP contribution in [0.2, 0.25) is 0 Å². The fraction of sp³-hybridized carbons (Fsp3) is 0.240. The van der Waals surface area contributed by atoms with E-state index in [1.165, 1.54) is 13.2 Å². The molecule has 34 heavy (non-hydrogen) atoms. The number of methoxy groups -OCH3 is 1. The molecule has 2 aromatic carbocycles. The number of fused-ring (bicyclic) bond motifs is 1. The van der Waals surface area contributed by atoms with Gasteiger partial charge < -0.3 is 24.5 Å². The molecule has 1 aromatic heterocycles. The smallest absolute Gasteiger partial charge is 0.344 e. The maximum Gasteiger partial charge on any atom is 0.344 e. The molecule has 3 rings (SSSR count). The number of nitrogens with one attached hydrogen (secondary N) is 2. The zero-order valence-corrected chi connectivity index (χ0v) is 20.4. The Bertz CT molecular complexity index is 1260. The molecule has 0 aliphatic heterocycles. The monoisotopic (exact) mass is 525 g/mol. The molecule has 0 saturated carbocycles. The van der Waals surface area contributed by atoms with Gasteiger partial charge in [-0.1, -0.05) is 18.2 Å². The molecule has 3 aromatic rings. The summed E-state index contributed by atoms with van der Waals surface area (Å²) in [5.74, 6) is -0.326. The molecule has 176 valence electrons. The van der Waals surface area contributed by atoms with E-state index in [1.807, 2.05) is 36.5 Å². The summed E-state index contributed by atoms with van der Waals surface area (Å²) < 4.78 is 16.2. The standard InChI is InChI=1S/C25H24BrN3O5/c1-3-33-23(30)15-34-24-20(26)11-16(12-22(24)32-2)10-18(13-27)25(31)28-9-8-17-14-29-21-7-5-4-6-19(17)21/h4-7,10-12,14,29H,3,8-9,15H2,1-2H3,(H,28,31)/b18-10-. The quantitative estimate of drug-likeness (QED) is 0.233. The molecule has 0 atom stereocenters. The van der Waals surface area contributed by atoms with Crippen molar-refractivity contribution in [2.75, 3.05) is 26.9 Å². The molecule has 0 spiro atoms. The van der Waals surface area contributed by atoms with E-state index in [1.54, 1.807) is 19.1 Å². The summed E-state index contributed by atoms with van der Waals surface area (Å²) in [5.41, 5.74) is 2.63. The molecule has 1 heterocycles. The lowest BCUT2D eigenvalue weighted by Gasteiger charge is -2.13. The van der Waals surface area contributed by atoms with Gasteiger partial charge in [-0.05, 0) is 64.7 Å². The number of esters is 1. The van der Waals surface area contributed by atoms with Crippen LogP contribution >= 0.6 is 15.9 Å². The molecule has 1 amide bonds. The molecule has 0 fully saturated rings. The molecule has 9 heteroatoms. The number of para-hydroxylation sites is 1. The van der Waals surface area contributed by atoms with Gasteiger partial charge in [0, 0.05) is 23.6 Å². The molecule has 0 saturated heterocycles. The number of rotatable bonds is 10. The van der Waals surface area contributed by atoms with Crippen LogP contribution in [-0.4, -0.2) is 43.7 Å². The Morgan fingerprint density at radius 2 is 2.06 bits per heavy atom. The predicted molar refractivity (Wildman–Crippen MR) is 131 cm³/mol. The number of ether oxygens (including phenoxy) is 3. The van der Waals surface area contributed by atoms with Crippen LogP contribution in [0.1, 0.15) is 18.1 Å². The number of amides is 1. The van der Waals surface area contributed by atoms with Crippen molar-refractivity contribution in [2.24, 2.45) is 0 Å². The first kappa shape index (κ1) is 24.9. The van der Waals surface area contributed by atoms with E-state index in [4.69, 9.17) is 14.2 Å². The Labute approximate surface area is 205 Å². The fourth-order valence-corrected chi connectivity index (χ4v) is 3.93. The molecular formula is C25H24BrN3O5. The molecule has 8 nitrogen and oxygen atoms in total. The minimum absolute atomic E-state index is 0.0481. The SMILES string of the molecule is CCOC(=O)COc1c(Br)cc(/C=C(/C#N)C(=O)NCCc2c[nH]c3ccccc23)cc1OC. The Morgan fingerprint density at radius 1 is 1.26 bits per heavy atom. The van der Waals surface area contributed by atoms with Gasteiger partial charge >= 0.3 is 5.97 Å². The van der Waals surface area contributed by atoms with Crippen molar-refractivity contribution in [3.8, 4) is 17.6 Å². The maximum atomic E-state index is 12.6. The lowest BCUT2D eigenvalue weighted by atomic mass is 10.1. The van der Waals surface area contributed by atoms with Crippen molar-refractivity contribution in [3.63, 3.8) is 0 Å². The van der Waals surface area contributed by atoms with E-state index < -0.39 is 11.9 Å². The Balaban J connectivity index is 1.68. The number of hydrogen-bond acceptors (Lipinski definition) is 6. The lowest BCUT2D eigenvalue weighted by molar-refractivity contribution is -0.145. The Hall–Kier alpha value is -3.77. The van der Waals surface area contributed by atoms with Crippen molar-refractivity contribution in [2.45, 2.75) is 13.3 Å². The van der Waals surface area contributed by atoms with Crippen LogP contribution in [0.15, 0.2) is 52.6 Å². The van der Waals surface area contributed by atoms with Crippen LogP contribution in [0.25, 0.3) is 17.0 Å². The van der Waals surface area contributed by atoms with E-state index in [2.05, 4.69) is 26.2 Å². The number of carbonyl (C=O) groups excluding carboxylic acids is 2. The second kappa shape index (κ2) is 11.9. The van der Waals surface area contributed by atoms with Crippen LogP contribution < -0.4 is 14.8 Å². The highest BCUT2D eigenvalue weighted by Gasteiger charge is 2.15. The number of carbonyl (C=O) groups is 2. The van der Waals surface area contributed by atoms with E-state index in [0.29, 0.717) is 34.5 Å². The zero-order valence-electron chi connectivity index (χ0n) is 18.8. The van der Waals surface area contributed by atoms with Crippen LogP contribution in [0.5, 0.6) is 11.5 Å². The highest BCUT2D eigenvalue weighted by atomic mass is 79.9. The van der Waals surface area contributed by atoms with Gasteiger partial charge in [-0.15, -0.1) is 0 Å². The van der Waals surface area contributed by atoms with Crippen molar-refractivity contribution >= 4 is 44.8 Å². The van der Waals surface area contributed by atoms with Crippen LogP contribution in [0.4, 0.5) is 0 Å². The van der Waals surface area contributed by atoms with E-state index in [-0.39, 0.29) is 18.8 Å². The normalized spacial score (nSPS) is 11.1. The van der Waals surface area contributed by atoms with Crippen molar-refractivity contribution in [1.29, 1.82) is 5.26 Å². The second-order valence-corrected chi connectivity index (χ2v) is 8.02. The van der Waals surface area contributed by atoms with E-state index in [0.717, 1.165) is 16.5 Å². The van der Waals surface area contributed by atoms with E-state index >= 15 is 0 Å². The van der Waals surface area contributed by atoms with Crippen molar-refractivity contribution in [3.05, 3.63) is 63.8 Å². The van der Waals surface area contributed by atoms with Gasteiger partial charge in [0.2, 0.25) is 0 Å². The molecule has 0 unspecified atom stereocenters. The van der Waals surface area contributed by atoms with Gasteiger partial charge in [-0.3, -0.25) is 4.79 Å². The Kier molecular flexibility index (Phi) is 8.71. The third kappa shape index (κ3) is 6.17. The summed E-state index contributed by atoms with van der Waals surface area (Å²) in [4.78, 5) is 27.4. The molecule has 2 N–H and O–H groups in total. The van der Waals surface area contributed by atoms with E-state index in [9.17, 15) is 14.9 Å². The first-order valence-electron chi connectivity index (χ1n) is 10.6. The predicted octanol–water partition coefficient (Wildman–Crippen LogP) is 4.15. The molecule has 0 bridgehead atoms. The highest BCUT2D eigenvalue weighted by Crippen LogP contribution is 2.37. The number of halogens is 1. The number of nitrogens with zero attached hydrogens (tertiary/aromatic N) is 1. The number of H-pyrrole nitrogens is 1. The minimum atomic E-state index is -0.503. The molecule has 0 radical (unpaired) electrons. The van der Waals surface area contributed by atoms with Crippen LogP contribution in [0, 0.1) is 11.3 Å². The first-order valence-corrected chi connectivity index (χ1v) is 11.4. The summed E-state index contributed by atoms with van der Waals surface area (Å²) in [7, 11) is 1.45. The summed E-state index contributed by atoms with van der Waals surface area (Å²) in [5, 5.41) is 13.4. The van der Waals surface area contributed by atoms with Gasteiger partial charge in [0.1, 0.15) is 11.6 Å². The number of aromatic nitrogens is 1. The average Bonchev–Trinajstić information content (AvgIpc) is 3.24. The summed E-state index contributed by atoms with van der Waals surface area (Å²) in [6.45, 7) is 2.07. The number of hydrogen-bond donors (Lipinski definition) is 2. The minimum Gasteiger partial charge on any atom is -0.493 e. The lowest BCUT2D eigenvalue weighted by Crippen LogP contribution is -2.26. The van der Waals surface area contributed by atoms with Gasteiger partial charge in [-0.25, -0.2) is 4.79 Å².